The number of benzene rings is 1. The number of carboxylic acid groups (broad SMARTS) is 1. The molecule has 6 nitrogen and oxygen atoms in total. The van der Waals surface area contributed by atoms with Crippen molar-refractivity contribution in [2.45, 2.75) is 6.92 Å². The number of fused-ring (bicyclic) bond motifs is 1. The van der Waals surface area contributed by atoms with Gasteiger partial charge in [-0.1, -0.05) is 12.1 Å². The summed E-state index contributed by atoms with van der Waals surface area (Å²) in [5.74, 6) is -0.819. The van der Waals surface area contributed by atoms with Gasteiger partial charge >= 0.3 is 5.97 Å². The molecule has 2 heterocycles. The molecule has 0 saturated carbocycles. The zero-order valence-electron chi connectivity index (χ0n) is 11.1. The second kappa shape index (κ2) is 5.16. The van der Waals surface area contributed by atoms with Gasteiger partial charge in [0.2, 0.25) is 11.7 Å². The molecule has 0 aliphatic rings. The van der Waals surface area contributed by atoms with E-state index in [1.54, 1.807) is 36.5 Å². The fourth-order valence-corrected chi connectivity index (χ4v) is 1.85. The van der Waals surface area contributed by atoms with Crippen LogP contribution in [0.4, 0.5) is 0 Å². The Kier molecular flexibility index (Phi) is 3.19. The lowest BCUT2D eigenvalue weighted by atomic mass is 10.2. The van der Waals surface area contributed by atoms with E-state index < -0.39 is 5.97 Å². The third kappa shape index (κ3) is 2.64. The molecule has 0 amide bonds. The number of hydrogen-bond acceptors (Lipinski definition) is 5. The average molecular weight is 281 g/mol. The molecule has 0 bridgehead atoms. The first-order valence-corrected chi connectivity index (χ1v) is 6.24. The molecule has 1 aromatic carbocycles. The third-order valence-electron chi connectivity index (χ3n) is 2.86. The van der Waals surface area contributed by atoms with E-state index in [4.69, 9.17) is 9.84 Å². The van der Waals surface area contributed by atoms with Gasteiger partial charge in [-0.3, -0.25) is 4.98 Å². The van der Waals surface area contributed by atoms with Crippen molar-refractivity contribution in [3.05, 3.63) is 54.1 Å². The molecule has 2 aromatic heterocycles. The molecule has 0 atom stereocenters. The molecule has 1 N–H and O–H groups in total. The number of carbonyl (C=O) groups is 1. The Morgan fingerprint density at radius 3 is 2.67 bits per heavy atom. The highest BCUT2D eigenvalue weighted by molar-refractivity contribution is 5.90. The Hall–Kier alpha value is -3.02. The topological polar surface area (TPSA) is 85.2 Å². The van der Waals surface area contributed by atoms with Crippen molar-refractivity contribution >= 4 is 16.9 Å². The number of nitrogens with zero attached hydrogens (tertiary/aromatic N) is 3. The lowest BCUT2D eigenvalue weighted by molar-refractivity contribution is 0.0683. The van der Waals surface area contributed by atoms with Crippen LogP contribution in [-0.2, 0) is 0 Å². The molecular formula is C15H11N3O3. The Morgan fingerprint density at radius 1 is 1.14 bits per heavy atom. The van der Waals surface area contributed by atoms with Gasteiger partial charge in [-0.2, -0.15) is 4.98 Å². The molecule has 0 unspecified atom stereocenters. The highest BCUT2D eigenvalue weighted by atomic mass is 16.5. The van der Waals surface area contributed by atoms with Crippen molar-refractivity contribution in [2.75, 3.05) is 0 Å². The van der Waals surface area contributed by atoms with Crippen LogP contribution in [0, 0.1) is 6.92 Å². The number of para-hydroxylation sites is 1. The van der Waals surface area contributed by atoms with E-state index in [2.05, 4.69) is 15.0 Å². The van der Waals surface area contributed by atoms with Crippen LogP contribution in [0.15, 0.2) is 42.6 Å². The maximum Gasteiger partial charge on any atom is 0.374 e. The summed E-state index contributed by atoms with van der Waals surface area (Å²) in [6.07, 6.45) is 1.56. The van der Waals surface area contributed by atoms with Crippen LogP contribution in [0.25, 0.3) is 10.9 Å². The quantitative estimate of drug-likeness (QED) is 0.794. The summed E-state index contributed by atoms with van der Waals surface area (Å²) in [6, 6.07) is 10.6. The van der Waals surface area contributed by atoms with Crippen molar-refractivity contribution < 1.29 is 14.6 Å². The van der Waals surface area contributed by atoms with Crippen LogP contribution in [0.5, 0.6) is 11.6 Å². The zero-order chi connectivity index (χ0) is 14.8. The Labute approximate surface area is 120 Å². The highest BCUT2D eigenvalue weighted by Gasteiger charge is 2.14. The van der Waals surface area contributed by atoms with Crippen molar-refractivity contribution in [3.8, 4) is 11.6 Å². The minimum atomic E-state index is -1.20. The number of hydrogen-bond donors (Lipinski definition) is 1. The summed E-state index contributed by atoms with van der Waals surface area (Å²) >= 11 is 0. The van der Waals surface area contributed by atoms with E-state index >= 15 is 0 Å². The van der Waals surface area contributed by atoms with E-state index in [1.165, 1.54) is 0 Å². The molecule has 3 rings (SSSR count). The standard InChI is InChI=1S/C15H11N3O3/c1-9-6-7-10(8-16-9)21-14-11-4-2-3-5-12(11)17-13(18-14)15(19)20/h2-8H,1H3,(H,19,20). The molecule has 0 aliphatic carbocycles. The van der Waals surface area contributed by atoms with Gasteiger partial charge in [0.15, 0.2) is 0 Å². The summed E-state index contributed by atoms with van der Waals surface area (Å²) in [6.45, 7) is 1.87. The van der Waals surface area contributed by atoms with Crippen molar-refractivity contribution in [1.29, 1.82) is 0 Å². The molecular weight excluding hydrogens is 270 g/mol. The molecule has 104 valence electrons. The molecule has 0 radical (unpaired) electrons. The summed E-state index contributed by atoms with van der Waals surface area (Å²) in [5, 5.41) is 9.72. The number of rotatable bonds is 3. The second-order valence-corrected chi connectivity index (χ2v) is 4.41. The summed E-state index contributed by atoms with van der Waals surface area (Å²) in [4.78, 5) is 23.2. The van der Waals surface area contributed by atoms with Gasteiger partial charge < -0.3 is 9.84 Å². The van der Waals surface area contributed by atoms with Gasteiger partial charge in [-0.15, -0.1) is 0 Å². The first-order chi connectivity index (χ1) is 10.1. The third-order valence-corrected chi connectivity index (χ3v) is 2.86. The van der Waals surface area contributed by atoms with Crippen LogP contribution in [0.1, 0.15) is 16.3 Å². The second-order valence-electron chi connectivity index (χ2n) is 4.41. The number of ether oxygens (including phenoxy) is 1. The summed E-state index contributed by atoms with van der Waals surface area (Å²) in [5.41, 5.74) is 1.38. The number of aromatic nitrogens is 3. The summed E-state index contributed by atoms with van der Waals surface area (Å²) in [7, 11) is 0. The smallest absolute Gasteiger partial charge is 0.374 e. The van der Waals surface area contributed by atoms with E-state index in [0.29, 0.717) is 16.7 Å². The Balaban J connectivity index is 2.11. The molecule has 3 aromatic rings. The van der Waals surface area contributed by atoms with Gasteiger partial charge in [0.1, 0.15) is 5.75 Å². The van der Waals surface area contributed by atoms with Gasteiger partial charge in [0.25, 0.3) is 0 Å². The minimum absolute atomic E-state index is 0.198. The van der Waals surface area contributed by atoms with Crippen molar-refractivity contribution in [1.82, 2.24) is 15.0 Å². The fraction of sp³-hybridized carbons (Fsp3) is 0.0667. The molecule has 0 aliphatic heterocycles. The first kappa shape index (κ1) is 13.0. The van der Waals surface area contributed by atoms with E-state index in [0.717, 1.165) is 5.69 Å². The van der Waals surface area contributed by atoms with Gasteiger partial charge in [-0.05, 0) is 31.2 Å². The minimum Gasteiger partial charge on any atom is -0.475 e. The average Bonchev–Trinajstić information content (AvgIpc) is 2.49. The first-order valence-electron chi connectivity index (χ1n) is 6.24. The van der Waals surface area contributed by atoms with Gasteiger partial charge in [0, 0.05) is 5.69 Å². The van der Waals surface area contributed by atoms with Gasteiger partial charge in [0.05, 0.1) is 17.1 Å². The van der Waals surface area contributed by atoms with Crippen LogP contribution in [0.2, 0.25) is 0 Å². The van der Waals surface area contributed by atoms with Crippen LogP contribution in [-0.4, -0.2) is 26.0 Å². The van der Waals surface area contributed by atoms with E-state index in [1.807, 2.05) is 13.0 Å². The normalized spacial score (nSPS) is 10.5. The molecule has 6 heteroatoms. The number of aryl methyl sites for hydroxylation is 1. The monoisotopic (exact) mass is 281 g/mol. The van der Waals surface area contributed by atoms with Crippen LogP contribution in [0.3, 0.4) is 0 Å². The van der Waals surface area contributed by atoms with Crippen LogP contribution < -0.4 is 4.74 Å². The molecule has 0 spiro atoms. The molecule has 21 heavy (non-hydrogen) atoms. The largest absolute Gasteiger partial charge is 0.475 e. The van der Waals surface area contributed by atoms with Crippen molar-refractivity contribution in [3.63, 3.8) is 0 Å². The highest BCUT2D eigenvalue weighted by Crippen LogP contribution is 2.26. The van der Waals surface area contributed by atoms with E-state index in [-0.39, 0.29) is 11.7 Å². The number of pyridine rings is 1. The van der Waals surface area contributed by atoms with Crippen molar-refractivity contribution in [2.24, 2.45) is 0 Å². The zero-order valence-corrected chi connectivity index (χ0v) is 11.1. The lowest BCUT2D eigenvalue weighted by Gasteiger charge is -2.08. The predicted octanol–water partition coefficient (Wildman–Crippen LogP) is 2.82. The SMILES string of the molecule is Cc1ccc(Oc2nc(C(=O)O)nc3ccccc23)cn1. The van der Waals surface area contributed by atoms with Gasteiger partial charge in [-0.25, -0.2) is 9.78 Å². The maximum absolute atomic E-state index is 11.1. The molecule has 0 fully saturated rings. The molecule has 0 saturated heterocycles. The predicted molar refractivity (Wildman–Crippen MR) is 75.5 cm³/mol. The fourth-order valence-electron chi connectivity index (χ4n) is 1.85. The Bertz CT molecular complexity index is 816. The number of carboxylic acids is 1. The van der Waals surface area contributed by atoms with Crippen LogP contribution >= 0.6 is 0 Å². The maximum atomic E-state index is 11.1. The lowest BCUT2D eigenvalue weighted by Crippen LogP contribution is -2.05. The van der Waals surface area contributed by atoms with E-state index in [9.17, 15) is 4.79 Å². The summed E-state index contributed by atoms with van der Waals surface area (Å²) < 4.78 is 5.66. The Morgan fingerprint density at radius 2 is 1.95 bits per heavy atom. The number of aromatic carboxylic acids is 1.